The van der Waals surface area contributed by atoms with E-state index in [0.29, 0.717) is 22.8 Å². The van der Waals surface area contributed by atoms with Crippen LogP contribution in [0, 0.1) is 0 Å². The normalized spacial score (nSPS) is 10.6. The molecule has 0 spiro atoms. The number of fused-ring (bicyclic) bond motifs is 1. The third kappa shape index (κ3) is 6.05. The molecule has 9 heteroatoms. The monoisotopic (exact) mass is 446 g/mol. The van der Waals surface area contributed by atoms with Crippen LogP contribution >= 0.6 is 15.9 Å². The molecule has 0 aliphatic heterocycles. The summed E-state index contributed by atoms with van der Waals surface area (Å²) >= 11 is 3.43. The largest absolute Gasteiger partial charge is 1.00 e. The third-order valence-corrected chi connectivity index (χ3v) is 4.80. The first-order valence-electron chi connectivity index (χ1n) is 6.11. The predicted molar refractivity (Wildman–Crippen MR) is 81.8 cm³/mol. The zero-order chi connectivity index (χ0) is 15.6. The summed E-state index contributed by atoms with van der Waals surface area (Å²) in [7, 11) is -4.34. The number of ether oxygens (including phenoxy) is 1. The number of rotatable bonds is 4. The number of carbonyl (C=O) groups excluding carboxylic acids is 1. The maximum atomic E-state index is 11.5. The van der Waals surface area contributed by atoms with Gasteiger partial charge in [0.2, 0.25) is 0 Å². The van der Waals surface area contributed by atoms with Crippen LogP contribution in [-0.2, 0) is 26.1 Å². The predicted octanol–water partition coefficient (Wildman–Crippen LogP) is -3.04. The van der Waals surface area contributed by atoms with Crippen molar-refractivity contribution in [3.63, 3.8) is 0 Å². The summed E-state index contributed by atoms with van der Waals surface area (Å²) < 4.78 is 38.1. The summed E-state index contributed by atoms with van der Waals surface area (Å²) in [6, 6.07) is 8.24. The Morgan fingerprint density at radius 1 is 1.26 bits per heavy atom. The van der Waals surface area contributed by atoms with Gasteiger partial charge in [-0.2, -0.15) is 8.42 Å². The van der Waals surface area contributed by atoms with Gasteiger partial charge in [0.05, 0.1) is 6.61 Å². The maximum Gasteiger partial charge on any atom is 1.00 e. The number of esters is 1. The first-order valence-corrected chi connectivity index (χ1v) is 8.35. The molecule has 0 aliphatic carbocycles. The number of halogens is 2. The van der Waals surface area contributed by atoms with Gasteiger partial charge in [0.1, 0.15) is 4.90 Å². The van der Waals surface area contributed by atoms with Crippen molar-refractivity contribution in [2.24, 2.45) is 0 Å². The van der Waals surface area contributed by atoms with Crippen LogP contribution < -0.4 is 63.8 Å². The Bertz CT molecular complexity index is 810. The van der Waals surface area contributed by atoms with Crippen molar-refractivity contribution in [3.8, 4) is 0 Å². The molecule has 0 saturated carbocycles. The maximum absolute atomic E-state index is 11.5. The van der Waals surface area contributed by atoms with Crippen LogP contribution in [0.4, 0.5) is 0 Å². The Morgan fingerprint density at radius 3 is 2.35 bits per heavy atom. The Balaban J connectivity index is 0.00000242. The van der Waals surface area contributed by atoms with Crippen molar-refractivity contribution in [2.45, 2.75) is 18.2 Å². The molecule has 0 amide bonds. The fourth-order valence-corrected chi connectivity index (χ4v) is 3.47. The molecule has 2 aromatic rings. The molecule has 23 heavy (non-hydrogen) atoms. The van der Waals surface area contributed by atoms with Crippen molar-refractivity contribution in [2.75, 3.05) is 6.61 Å². The molecule has 0 unspecified atom stereocenters. The van der Waals surface area contributed by atoms with E-state index in [0.717, 1.165) is 4.47 Å². The SMILES string of the molecule is CC(=O)OCCc1cc(S(=O)(=O)O)c2ccccc2c1Br.[Cl-].[K+]. The first kappa shape index (κ1) is 23.5. The van der Waals surface area contributed by atoms with Gasteiger partial charge in [0.15, 0.2) is 0 Å². The van der Waals surface area contributed by atoms with Crippen LogP contribution in [-0.4, -0.2) is 25.5 Å². The minimum atomic E-state index is -4.34. The van der Waals surface area contributed by atoms with Crippen LogP contribution in [0.3, 0.4) is 0 Å². The zero-order valence-corrected chi connectivity index (χ0v) is 18.8. The summed E-state index contributed by atoms with van der Waals surface area (Å²) in [6.07, 6.45) is 0.341. The fourth-order valence-electron chi connectivity index (χ4n) is 2.06. The number of hydrogen-bond acceptors (Lipinski definition) is 4. The molecule has 2 aromatic carbocycles. The van der Waals surface area contributed by atoms with E-state index in [9.17, 15) is 17.8 Å². The number of carbonyl (C=O) groups is 1. The molecule has 0 bridgehead atoms. The van der Waals surface area contributed by atoms with Gasteiger partial charge in [-0.15, -0.1) is 0 Å². The number of benzene rings is 2. The molecule has 1 N–H and O–H groups in total. The van der Waals surface area contributed by atoms with Crippen LogP contribution in [0.25, 0.3) is 10.8 Å². The van der Waals surface area contributed by atoms with Gasteiger partial charge in [-0.3, -0.25) is 9.35 Å². The average molecular weight is 448 g/mol. The van der Waals surface area contributed by atoms with Crippen LogP contribution in [0.5, 0.6) is 0 Å². The average Bonchev–Trinajstić information content (AvgIpc) is 2.40. The van der Waals surface area contributed by atoms with E-state index in [-0.39, 0.29) is 75.3 Å². The van der Waals surface area contributed by atoms with Crippen molar-refractivity contribution < 1.29 is 86.3 Å². The second kappa shape index (κ2) is 9.84. The molecule has 0 saturated heterocycles. The first-order chi connectivity index (χ1) is 9.80. The van der Waals surface area contributed by atoms with Crippen molar-refractivity contribution in [1.82, 2.24) is 0 Å². The summed E-state index contributed by atoms with van der Waals surface area (Å²) in [4.78, 5) is 10.6. The van der Waals surface area contributed by atoms with Crippen LogP contribution in [0.15, 0.2) is 39.7 Å². The third-order valence-electron chi connectivity index (χ3n) is 2.97. The zero-order valence-electron chi connectivity index (χ0n) is 12.5. The van der Waals surface area contributed by atoms with E-state index in [4.69, 9.17) is 4.74 Å². The molecule has 0 atom stereocenters. The second-order valence-electron chi connectivity index (χ2n) is 4.46. The molecular weight excluding hydrogens is 435 g/mol. The van der Waals surface area contributed by atoms with E-state index < -0.39 is 16.1 Å². The van der Waals surface area contributed by atoms with Crippen LogP contribution in [0.1, 0.15) is 12.5 Å². The molecule has 0 aliphatic rings. The smallest absolute Gasteiger partial charge is 1.00 e. The molecule has 0 heterocycles. The second-order valence-corrected chi connectivity index (χ2v) is 6.64. The Labute approximate surface area is 191 Å². The number of hydrogen-bond donors (Lipinski definition) is 1. The topological polar surface area (TPSA) is 80.7 Å². The standard InChI is InChI=1S/C14H13BrO5S.ClH.K/c1-9(16)20-7-6-10-8-13(21(17,18)19)11-4-2-3-5-12(11)14(10)15;;/h2-5,8H,6-7H2,1H3,(H,17,18,19);1H;/q;;+1/p-1. The minimum absolute atomic E-state index is 0. The fraction of sp³-hybridized carbons (Fsp3) is 0.214. The Morgan fingerprint density at radius 2 is 1.83 bits per heavy atom. The van der Waals surface area contributed by atoms with Gasteiger partial charge in [0, 0.05) is 23.2 Å². The van der Waals surface area contributed by atoms with Crippen molar-refractivity contribution in [3.05, 3.63) is 40.4 Å². The van der Waals surface area contributed by atoms with Crippen LogP contribution in [0.2, 0.25) is 0 Å². The van der Waals surface area contributed by atoms with Gasteiger partial charge in [-0.25, -0.2) is 0 Å². The minimum Gasteiger partial charge on any atom is -1.00 e. The summed E-state index contributed by atoms with van der Waals surface area (Å²) in [5.41, 5.74) is 0.641. The van der Waals surface area contributed by atoms with E-state index in [1.54, 1.807) is 24.3 Å². The molecule has 0 fully saturated rings. The molecule has 0 radical (unpaired) electrons. The van der Waals surface area contributed by atoms with E-state index in [1.807, 2.05) is 0 Å². The van der Waals surface area contributed by atoms with E-state index in [1.165, 1.54) is 13.0 Å². The van der Waals surface area contributed by atoms with Gasteiger partial charge >= 0.3 is 57.4 Å². The van der Waals surface area contributed by atoms with Gasteiger partial charge in [0.25, 0.3) is 10.1 Å². The van der Waals surface area contributed by atoms with Crippen molar-refractivity contribution in [1.29, 1.82) is 0 Å². The van der Waals surface area contributed by atoms with Gasteiger partial charge in [-0.05, 0) is 32.9 Å². The van der Waals surface area contributed by atoms with E-state index in [2.05, 4.69) is 15.9 Å². The van der Waals surface area contributed by atoms with Crippen molar-refractivity contribution >= 4 is 42.8 Å². The van der Waals surface area contributed by atoms with Gasteiger partial charge < -0.3 is 17.1 Å². The molecule has 120 valence electrons. The summed E-state index contributed by atoms with van der Waals surface area (Å²) in [5.74, 6) is -0.401. The molecule has 5 nitrogen and oxygen atoms in total. The summed E-state index contributed by atoms with van der Waals surface area (Å²) in [5, 5.41) is 1.11. The molecule has 2 rings (SSSR count). The molecular formula is C14H13BrClKO5S. The van der Waals surface area contributed by atoms with Gasteiger partial charge in [-0.1, -0.05) is 24.3 Å². The Hall–Kier alpha value is 0.486. The van der Waals surface area contributed by atoms with E-state index >= 15 is 0 Å². The summed E-state index contributed by atoms with van der Waals surface area (Å²) in [6.45, 7) is 1.44. The Kier molecular flexibility index (Phi) is 10.0. The molecule has 0 aromatic heterocycles. The quantitative estimate of drug-likeness (QED) is 0.306.